The standard InChI is InChI=1S/C21H24N2O3S2/c1-5-23-18-11-10-15(14(3)4)13-19(18)27-21(23)22-20(24)16-8-7-9-17(12-16)28(25,26)6-2/h7-14H,5-6H2,1-4H3. The molecule has 0 radical (unpaired) electrons. The first-order chi connectivity index (χ1) is 13.3. The summed E-state index contributed by atoms with van der Waals surface area (Å²) in [5.41, 5.74) is 2.57. The van der Waals surface area contributed by atoms with E-state index in [0.717, 1.165) is 10.2 Å². The Morgan fingerprint density at radius 3 is 2.54 bits per heavy atom. The molecule has 0 aliphatic carbocycles. The van der Waals surface area contributed by atoms with Crippen molar-refractivity contribution in [1.82, 2.24) is 4.57 Å². The highest BCUT2D eigenvalue weighted by Crippen LogP contribution is 2.23. The number of carbonyl (C=O) groups is 1. The number of aryl methyl sites for hydroxylation is 1. The van der Waals surface area contributed by atoms with Gasteiger partial charge in [-0.2, -0.15) is 4.99 Å². The number of benzene rings is 2. The van der Waals surface area contributed by atoms with Crippen LogP contribution in [0.1, 0.15) is 49.5 Å². The van der Waals surface area contributed by atoms with Gasteiger partial charge in [0.05, 0.1) is 20.9 Å². The fraction of sp³-hybridized carbons (Fsp3) is 0.333. The molecule has 3 rings (SSSR count). The molecule has 0 unspecified atom stereocenters. The van der Waals surface area contributed by atoms with Crippen molar-refractivity contribution >= 4 is 37.3 Å². The highest BCUT2D eigenvalue weighted by molar-refractivity contribution is 7.91. The maximum atomic E-state index is 12.7. The first kappa shape index (κ1) is 20.5. The number of sulfone groups is 1. The lowest BCUT2D eigenvalue weighted by Crippen LogP contribution is -2.16. The Hall–Kier alpha value is -2.25. The smallest absolute Gasteiger partial charge is 0.279 e. The molecule has 1 aromatic heterocycles. The van der Waals surface area contributed by atoms with Gasteiger partial charge in [-0.15, -0.1) is 0 Å². The second-order valence-electron chi connectivity index (χ2n) is 6.86. The Kier molecular flexibility index (Phi) is 5.86. The first-order valence-electron chi connectivity index (χ1n) is 9.32. The van der Waals surface area contributed by atoms with Crippen LogP contribution in [0.15, 0.2) is 52.4 Å². The molecule has 0 atom stereocenters. The molecule has 5 nitrogen and oxygen atoms in total. The van der Waals surface area contributed by atoms with Crippen molar-refractivity contribution in [3.05, 3.63) is 58.4 Å². The summed E-state index contributed by atoms with van der Waals surface area (Å²) in [5.74, 6) is -0.0237. The minimum atomic E-state index is -3.37. The molecule has 0 fully saturated rings. The van der Waals surface area contributed by atoms with E-state index in [0.29, 0.717) is 17.3 Å². The van der Waals surface area contributed by atoms with Crippen LogP contribution >= 0.6 is 11.3 Å². The number of hydrogen-bond acceptors (Lipinski definition) is 4. The summed E-state index contributed by atoms with van der Waals surface area (Å²) < 4.78 is 27.3. The molecule has 0 aliphatic heterocycles. The number of hydrogen-bond donors (Lipinski definition) is 0. The molecule has 0 saturated heterocycles. The van der Waals surface area contributed by atoms with Gasteiger partial charge >= 0.3 is 0 Å². The second-order valence-corrected chi connectivity index (χ2v) is 10.1. The zero-order valence-corrected chi connectivity index (χ0v) is 18.1. The zero-order valence-electron chi connectivity index (χ0n) is 16.5. The van der Waals surface area contributed by atoms with Crippen LogP contribution in [0, 0.1) is 0 Å². The number of thiazole rings is 1. The third kappa shape index (κ3) is 3.95. The van der Waals surface area contributed by atoms with E-state index in [1.807, 2.05) is 11.5 Å². The minimum absolute atomic E-state index is 0.00782. The van der Waals surface area contributed by atoms with Gasteiger partial charge in [0.1, 0.15) is 0 Å². The molecule has 28 heavy (non-hydrogen) atoms. The topological polar surface area (TPSA) is 68.5 Å². The monoisotopic (exact) mass is 416 g/mol. The van der Waals surface area contributed by atoms with E-state index >= 15 is 0 Å². The summed E-state index contributed by atoms with van der Waals surface area (Å²) >= 11 is 1.47. The van der Waals surface area contributed by atoms with Crippen LogP contribution in [0.3, 0.4) is 0 Å². The van der Waals surface area contributed by atoms with Crippen LogP contribution < -0.4 is 4.80 Å². The van der Waals surface area contributed by atoms with Crippen molar-refractivity contribution in [3.8, 4) is 0 Å². The minimum Gasteiger partial charge on any atom is -0.317 e. The van der Waals surface area contributed by atoms with Crippen LogP contribution in [0.2, 0.25) is 0 Å². The van der Waals surface area contributed by atoms with Gasteiger partial charge in [0.15, 0.2) is 14.6 Å². The Labute approximate surface area is 169 Å². The summed E-state index contributed by atoms with van der Waals surface area (Å²) in [6, 6.07) is 12.4. The van der Waals surface area contributed by atoms with E-state index in [-0.39, 0.29) is 16.2 Å². The predicted octanol–water partition coefficient (Wildman–Crippen LogP) is 4.38. The maximum Gasteiger partial charge on any atom is 0.279 e. The zero-order chi connectivity index (χ0) is 20.5. The van der Waals surface area contributed by atoms with Crippen molar-refractivity contribution in [3.63, 3.8) is 0 Å². The molecule has 0 N–H and O–H groups in total. The Bertz CT molecular complexity index is 1200. The molecule has 3 aromatic rings. The van der Waals surface area contributed by atoms with Gasteiger partial charge in [0.25, 0.3) is 5.91 Å². The van der Waals surface area contributed by atoms with Crippen LogP contribution in [0.4, 0.5) is 0 Å². The van der Waals surface area contributed by atoms with E-state index in [2.05, 4.69) is 37.0 Å². The average Bonchev–Trinajstić information content (AvgIpc) is 3.03. The Morgan fingerprint density at radius 2 is 1.89 bits per heavy atom. The van der Waals surface area contributed by atoms with Gasteiger partial charge in [-0.1, -0.05) is 44.2 Å². The van der Waals surface area contributed by atoms with Gasteiger partial charge < -0.3 is 4.57 Å². The number of fused-ring (bicyclic) bond motifs is 1. The van der Waals surface area contributed by atoms with E-state index < -0.39 is 15.7 Å². The average molecular weight is 417 g/mol. The van der Waals surface area contributed by atoms with E-state index in [1.54, 1.807) is 19.1 Å². The molecule has 1 heterocycles. The normalized spacial score (nSPS) is 12.8. The van der Waals surface area contributed by atoms with Crippen molar-refractivity contribution in [2.45, 2.75) is 45.1 Å². The number of aromatic nitrogens is 1. The van der Waals surface area contributed by atoms with Crippen LogP contribution in [0.5, 0.6) is 0 Å². The largest absolute Gasteiger partial charge is 0.317 e. The van der Waals surface area contributed by atoms with Crippen LogP contribution in [0.25, 0.3) is 10.2 Å². The fourth-order valence-corrected chi connectivity index (χ4v) is 5.05. The highest BCUT2D eigenvalue weighted by atomic mass is 32.2. The van der Waals surface area contributed by atoms with E-state index in [4.69, 9.17) is 0 Å². The van der Waals surface area contributed by atoms with Gasteiger partial charge in [-0.3, -0.25) is 4.79 Å². The maximum absolute atomic E-state index is 12.7. The number of rotatable bonds is 5. The first-order valence-corrected chi connectivity index (χ1v) is 11.8. The van der Waals surface area contributed by atoms with E-state index in [9.17, 15) is 13.2 Å². The Morgan fingerprint density at radius 1 is 1.14 bits per heavy atom. The molecular formula is C21H24N2O3S2. The highest BCUT2D eigenvalue weighted by Gasteiger charge is 2.15. The van der Waals surface area contributed by atoms with Gasteiger partial charge in [-0.25, -0.2) is 8.42 Å². The molecule has 2 aromatic carbocycles. The van der Waals surface area contributed by atoms with Gasteiger partial charge in [-0.05, 0) is 48.7 Å². The molecule has 0 aliphatic rings. The molecule has 0 saturated carbocycles. The van der Waals surface area contributed by atoms with Gasteiger partial charge in [0.2, 0.25) is 0 Å². The van der Waals surface area contributed by atoms with Gasteiger partial charge in [0, 0.05) is 12.1 Å². The summed E-state index contributed by atoms with van der Waals surface area (Å²) in [6.45, 7) is 8.59. The summed E-state index contributed by atoms with van der Waals surface area (Å²) in [7, 11) is -3.37. The van der Waals surface area contributed by atoms with Crippen LogP contribution in [-0.4, -0.2) is 24.6 Å². The molecule has 0 bridgehead atoms. The third-order valence-electron chi connectivity index (χ3n) is 4.71. The lowest BCUT2D eigenvalue weighted by molar-refractivity contribution is 0.0997. The molecule has 7 heteroatoms. The lowest BCUT2D eigenvalue weighted by Gasteiger charge is -2.05. The lowest BCUT2D eigenvalue weighted by atomic mass is 10.0. The molecule has 148 valence electrons. The fourth-order valence-electron chi connectivity index (χ4n) is 2.98. The Balaban J connectivity index is 2.09. The number of amides is 1. The third-order valence-corrected chi connectivity index (χ3v) is 7.48. The number of carbonyl (C=O) groups excluding carboxylic acids is 1. The SMILES string of the molecule is CCn1c(=NC(=O)c2cccc(S(=O)(=O)CC)c2)sc2cc(C(C)C)ccc21. The summed E-state index contributed by atoms with van der Waals surface area (Å²) in [5, 5.41) is 0. The molecule has 0 spiro atoms. The van der Waals surface area contributed by atoms with Crippen molar-refractivity contribution in [2.24, 2.45) is 4.99 Å². The number of nitrogens with zero attached hydrogens (tertiary/aromatic N) is 2. The van der Waals surface area contributed by atoms with Crippen molar-refractivity contribution < 1.29 is 13.2 Å². The second kappa shape index (κ2) is 8.01. The molecular weight excluding hydrogens is 392 g/mol. The van der Waals surface area contributed by atoms with Crippen molar-refractivity contribution in [1.29, 1.82) is 0 Å². The predicted molar refractivity (Wildman–Crippen MR) is 114 cm³/mol. The molecule has 1 amide bonds. The quantitative estimate of drug-likeness (QED) is 0.620. The summed E-state index contributed by atoms with van der Waals surface area (Å²) in [6.07, 6.45) is 0. The summed E-state index contributed by atoms with van der Waals surface area (Å²) in [4.78, 5) is 17.8. The van der Waals surface area contributed by atoms with E-state index in [1.165, 1.54) is 29.0 Å². The van der Waals surface area contributed by atoms with Crippen LogP contribution in [-0.2, 0) is 16.4 Å². The van der Waals surface area contributed by atoms with Crippen molar-refractivity contribution in [2.75, 3.05) is 5.75 Å².